The summed E-state index contributed by atoms with van der Waals surface area (Å²) < 4.78 is 2.06. The van der Waals surface area contributed by atoms with Crippen LogP contribution in [-0.2, 0) is 0 Å². The molecule has 0 bridgehead atoms. The summed E-state index contributed by atoms with van der Waals surface area (Å²) in [5, 5.41) is 6.63. The first kappa shape index (κ1) is 19.1. The maximum Gasteiger partial charge on any atom is 0.0991 e. The molecule has 1 aliphatic carbocycles. The lowest BCUT2D eigenvalue weighted by atomic mass is 9.81. The van der Waals surface area contributed by atoms with Gasteiger partial charge in [0.25, 0.3) is 0 Å². The average Bonchev–Trinajstić information content (AvgIpc) is 3.34. The topological polar surface area (TPSA) is 29.9 Å². The minimum absolute atomic E-state index is 0.350. The molecule has 1 aromatic heterocycles. The number of rotatable bonds is 5. The third kappa shape index (κ3) is 3.90. The molecule has 30 heavy (non-hydrogen) atoms. The van der Waals surface area contributed by atoms with Crippen molar-refractivity contribution in [1.29, 1.82) is 0 Å². The lowest BCUT2D eigenvalue weighted by Crippen LogP contribution is -2.35. The molecule has 0 aliphatic heterocycles. The van der Waals surface area contributed by atoms with Crippen LogP contribution in [0.5, 0.6) is 0 Å². The van der Waals surface area contributed by atoms with E-state index in [9.17, 15) is 0 Å². The van der Waals surface area contributed by atoms with Crippen LogP contribution >= 0.6 is 0 Å². The van der Waals surface area contributed by atoms with E-state index in [0.29, 0.717) is 18.0 Å². The largest absolute Gasteiger partial charge is 0.307 e. The highest BCUT2D eigenvalue weighted by molar-refractivity contribution is 5.86. The Bertz CT molecular complexity index is 1090. The van der Waals surface area contributed by atoms with Crippen LogP contribution in [0.2, 0.25) is 0 Å². The Kier molecular flexibility index (Phi) is 5.37. The van der Waals surface area contributed by atoms with Gasteiger partial charge in [-0.2, -0.15) is 0 Å². The van der Waals surface area contributed by atoms with E-state index in [1.807, 2.05) is 18.7 Å². The number of hydrogen-bond acceptors (Lipinski definition) is 2. The Morgan fingerprint density at radius 3 is 2.63 bits per heavy atom. The second kappa shape index (κ2) is 8.45. The van der Waals surface area contributed by atoms with Gasteiger partial charge in [-0.3, -0.25) is 0 Å². The summed E-state index contributed by atoms with van der Waals surface area (Å²) in [5.41, 5.74) is 4.04. The average molecular weight is 396 g/mol. The lowest BCUT2D eigenvalue weighted by molar-refractivity contribution is 0.319. The number of aromatic nitrogens is 2. The van der Waals surface area contributed by atoms with Crippen LogP contribution in [0.3, 0.4) is 0 Å². The summed E-state index contributed by atoms with van der Waals surface area (Å²) in [6.45, 7) is 2.31. The first-order chi connectivity index (χ1) is 14.8. The van der Waals surface area contributed by atoms with E-state index in [1.54, 1.807) is 0 Å². The molecule has 1 fully saturated rings. The van der Waals surface area contributed by atoms with Crippen LogP contribution in [0, 0.1) is 0 Å². The molecule has 0 radical (unpaired) electrons. The van der Waals surface area contributed by atoms with Crippen molar-refractivity contribution in [2.45, 2.75) is 50.6 Å². The van der Waals surface area contributed by atoms with E-state index in [0.717, 1.165) is 0 Å². The molecule has 3 aromatic carbocycles. The molecule has 2 unspecified atom stereocenters. The zero-order valence-electron chi connectivity index (χ0n) is 17.5. The van der Waals surface area contributed by atoms with Gasteiger partial charge < -0.3 is 9.88 Å². The van der Waals surface area contributed by atoms with Crippen LogP contribution in [-0.4, -0.2) is 15.6 Å². The number of imidazole rings is 1. The molecular weight excluding hydrogens is 366 g/mol. The van der Waals surface area contributed by atoms with Gasteiger partial charge in [0, 0.05) is 30.2 Å². The van der Waals surface area contributed by atoms with Crippen molar-refractivity contribution in [3.63, 3.8) is 0 Å². The summed E-state index contributed by atoms with van der Waals surface area (Å²) >= 11 is 0. The molecule has 1 heterocycles. The van der Waals surface area contributed by atoms with Crippen molar-refractivity contribution in [3.8, 4) is 5.69 Å². The normalized spacial score (nSPS) is 20.3. The van der Waals surface area contributed by atoms with Crippen LogP contribution in [0.1, 0.15) is 55.7 Å². The zero-order valence-corrected chi connectivity index (χ0v) is 17.5. The van der Waals surface area contributed by atoms with Gasteiger partial charge in [0.1, 0.15) is 0 Å². The molecule has 4 aromatic rings. The molecule has 3 atom stereocenters. The summed E-state index contributed by atoms with van der Waals surface area (Å²) in [4.78, 5) is 4.15. The van der Waals surface area contributed by atoms with Gasteiger partial charge in [-0.05, 0) is 66.1 Å². The van der Waals surface area contributed by atoms with E-state index in [1.165, 1.54) is 53.3 Å². The highest BCUT2D eigenvalue weighted by atomic mass is 15.0. The fourth-order valence-electron chi connectivity index (χ4n) is 5.05. The molecule has 152 valence electrons. The first-order valence-corrected chi connectivity index (χ1v) is 11.1. The molecule has 5 rings (SSSR count). The molecule has 1 aliphatic rings. The molecular formula is C27H29N3. The third-order valence-corrected chi connectivity index (χ3v) is 6.62. The zero-order chi connectivity index (χ0) is 20.3. The Hall–Kier alpha value is -2.91. The fourth-order valence-corrected chi connectivity index (χ4v) is 5.05. The van der Waals surface area contributed by atoms with Crippen molar-refractivity contribution in [2.24, 2.45) is 0 Å². The number of benzene rings is 3. The van der Waals surface area contributed by atoms with Gasteiger partial charge in [-0.15, -0.1) is 0 Å². The maximum atomic E-state index is 4.15. The minimum atomic E-state index is 0.350. The van der Waals surface area contributed by atoms with Gasteiger partial charge in [-0.1, -0.05) is 61.0 Å². The van der Waals surface area contributed by atoms with Crippen molar-refractivity contribution >= 4 is 10.8 Å². The number of nitrogens with one attached hydrogen (secondary N) is 1. The number of hydrogen-bond donors (Lipinski definition) is 1. The molecule has 1 saturated carbocycles. The fraction of sp³-hybridized carbons (Fsp3) is 0.296. The maximum absolute atomic E-state index is 4.15. The Labute approximate surface area is 178 Å². The quantitative estimate of drug-likeness (QED) is 0.423. The second-order valence-electron chi connectivity index (χ2n) is 8.58. The molecule has 3 nitrogen and oxygen atoms in total. The van der Waals surface area contributed by atoms with Crippen molar-refractivity contribution in [3.05, 3.63) is 96.6 Å². The van der Waals surface area contributed by atoms with Crippen LogP contribution in [0.15, 0.2) is 85.5 Å². The summed E-state index contributed by atoms with van der Waals surface area (Å²) in [5.74, 6) is 0.632. The molecule has 1 N–H and O–H groups in total. The van der Waals surface area contributed by atoms with E-state index in [-0.39, 0.29) is 0 Å². The SMILES string of the molecule is C[C@@H](NC1CCCC(c2ccc(-n3ccnc3)cc2)C1)c1cccc2ccccc12. The first-order valence-electron chi connectivity index (χ1n) is 11.1. The smallest absolute Gasteiger partial charge is 0.0991 e. The molecule has 0 saturated heterocycles. The molecule has 3 heteroatoms. The van der Waals surface area contributed by atoms with E-state index in [4.69, 9.17) is 0 Å². The van der Waals surface area contributed by atoms with Gasteiger partial charge >= 0.3 is 0 Å². The van der Waals surface area contributed by atoms with Gasteiger partial charge in [0.05, 0.1) is 6.33 Å². The predicted octanol–water partition coefficient (Wildman–Crippen LogP) is 6.40. The Balaban J connectivity index is 1.28. The highest BCUT2D eigenvalue weighted by Gasteiger charge is 2.25. The Morgan fingerprint density at radius 2 is 1.80 bits per heavy atom. The Morgan fingerprint density at radius 1 is 0.967 bits per heavy atom. The second-order valence-corrected chi connectivity index (χ2v) is 8.58. The number of nitrogens with zero attached hydrogens (tertiary/aromatic N) is 2. The van der Waals surface area contributed by atoms with E-state index < -0.39 is 0 Å². The van der Waals surface area contributed by atoms with Crippen LogP contribution < -0.4 is 5.32 Å². The summed E-state index contributed by atoms with van der Waals surface area (Å²) in [6, 6.07) is 25.3. The predicted molar refractivity (Wildman–Crippen MR) is 124 cm³/mol. The van der Waals surface area contributed by atoms with Gasteiger partial charge in [-0.25, -0.2) is 4.98 Å². The van der Waals surface area contributed by atoms with Crippen molar-refractivity contribution in [1.82, 2.24) is 14.9 Å². The van der Waals surface area contributed by atoms with Crippen LogP contribution in [0.4, 0.5) is 0 Å². The standard InChI is InChI=1S/C27H29N3/c1-20(26-11-5-7-22-6-2-3-10-27(22)26)29-24-9-4-8-23(18-24)21-12-14-25(15-13-21)30-17-16-28-19-30/h2-3,5-7,10-17,19-20,23-24,29H,4,8-9,18H2,1H3/t20-,23?,24?/m1/s1. The highest BCUT2D eigenvalue weighted by Crippen LogP contribution is 2.35. The van der Waals surface area contributed by atoms with Crippen molar-refractivity contribution in [2.75, 3.05) is 0 Å². The minimum Gasteiger partial charge on any atom is -0.307 e. The van der Waals surface area contributed by atoms with Gasteiger partial charge in [0.15, 0.2) is 0 Å². The monoisotopic (exact) mass is 395 g/mol. The van der Waals surface area contributed by atoms with E-state index in [2.05, 4.69) is 88.5 Å². The van der Waals surface area contributed by atoms with Crippen molar-refractivity contribution < 1.29 is 0 Å². The lowest BCUT2D eigenvalue weighted by Gasteiger charge is -2.32. The van der Waals surface area contributed by atoms with Crippen LogP contribution in [0.25, 0.3) is 16.5 Å². The summed E-state index contributed by atoms with van der Waals surface area (Å²) in [6.07, 6.45) is 10.7. The van der Waals surface area contributed by atoms with Gasteiger partial charge in [0.2, 0.25) is 0 Å². The third-order valence-electron chi connectivity index (χ3n) is 6.62. The summed E-state index contributed by atoms with van der Waals surface area (Å²) in [7, 11) is 0. The molecule has 0 amide bonds. The number of fused-ring (bicyclic) bond motifs is 1. The van der Waals surface area contributed by atoms with E-state index >= 15 is 0 Å². The molecule has 0 spiro atoms.